The first-order valence-electron chi connectivity index (χ1n) is 7.39. The van der Waals surface area contributed by atoms with Crippen LogP contribution in [0.15, 0.2) is 0 Å². The first kappa shape index (κ1) is 13.3. The lowest BCUT2D eigenvalue weighted by Gasteiger charge is -2.33. The van der Waals surface area contributed by atoms with Gasteiger partial charge >= 0.3 is 0 Å². The summed E-state index contributed by atoms with van der Waals surface area (Å²) in [4.78, 5) is 0. The van der Waals surface area contributed by atoms with Crippen LogP contribution in [0.25, 0.3) is 0 Å². The lowest BCUT2D eigenvalue weighted by Crippen LogP contribution is -2.47. The van der Waals surface area contributed by atoms with E-state index in [9.17, 15) is 0 Å². The first-order chi connectivity index (χ1) is 8.31. The second kappa shape index (κ2) is 6.72. The van der Waals surface area contributed by atoms with Gasteiger partial charge in [-0.15, -0.1) is 0 Å². The van der Waals surface area contributed by atoms with Gasteiger partial charge in [0, 0.05) is 25.2 Å². The zero-order valence-electron chi connectivity index (χ0n) is 11.1. The summed E-state index contributed by atoms with van der Waals surface area (Å²) in [5, 5.41) is 16.5. The Bertz CT molecular complexity index is 216. The molecule has 4 unspecified atom stereocenters. The van der Waals surface area contributed by atoms with Crippen molar-refractivity contribution in [2.45, 2.75) is 57.5 Å². The van der Waals surface area contributed by atoms with Crippen molar-refractivity contribution in [3.8, 4) is 0 Å². The standard InChI is InChI=1S/C14H28N2O/c1-11(10-17)9-16-14-7-4-5-12(14)13-6-2-3-8-15-13/h11-17H,2-10H2,1H3. The van der Waals surface area contributed by atoms with Crippen molar-refractivity contribution < 1.29 is 5.11 Å². The molecule has 0 bridgehead atoms. The third-order valence-electron chi connectivity index (χ3n) is 4.47. The van der Waals surface area contributed by atoms with E-state index < -0.39 is 0 Å². The van der Waals surface area contributed by atoms with Gasteiger partial charge in [0.05, 0.1) is 0 Å². The van der Waals surface area contributed by atoms with Gasteiger partial charge in [0.25, 0.3) is 0 Å². The molecule has 0 aromatic rings. The van der Waals surface area contributed by atoms with Crippen molar-refractivity contribution in [2.24, 2.45) is 11.8 Å². The molecule has 1 aliphatic heterocycles. The highest BCUT2D eigenvalue weighted by molar-refractivity contribution is 4.92. The Morgan fingerprint density at radius 1 is 1.24 bits per heavy atom. The Labute approximate surface area is 105 Å². The van der Waals surface area contributed by atoms with Crippen LogP contribution in [0.2, 0.25) is 0 Å². The maximum atomic E-state index is 9.07. The van der Waals surface area contributed by atoms with E-state index in [1.807, 2.05) is 0 Å². The van der Waals surface area contributed by atoms with Crippen LogP contribution in [0.5, 0.6) is 0 Å². The number of hydrogen-bond donors (Lipinski definition) is 3. The summed E-state index contributed by atoms with van der Waals surface area (Å²) in [7, 11) is 0. The Hall–Kier alpha value is -0.120. The molecule has 1 saturated carbocycles. The second-order valence-electron chi connectivity index (χ2n) is 5.95. The molecule has 1 aliphatic carbocycles. The smallest absolute Gasteiger partial charge is 0.0468 e. The third kappa shape index (κ3) is 3.67. The summed E-state index contributed by atoms with van der Waals surface area (Å²) >= 11 is 0. The average Bonchev–Trinajstić information content (AvgIpc) is 2.85. The molecule has 0 spiro atoms. The number of hydrogen-bond acceptors (Lipinski definition) is 3. The fraction of sp³-hybridized carbons (Fsp3) is 1.00. The topological polar surface area (TPSA) is 44.3 Å². The predicted molar refractivity (Wildman–Crippen MR) is 71.0 cm³/mol. The molecular formula is C14H28N2O. The molecule has 2 fully saturated rings. The summed E-state index contributed by atoms with van der Waals surface area (Å²) in [6, 6.07) is 1.42. The van der Waals surface area contributed by atoms with Crippen molar-refractivity contribution in [3.63, 3.8) is 0 Å². The van der Waals surface area contributed by atoms with E-state index in [1.165, 1.54) is 45.1 Å². The number of rotatable bonds is 5. The van der Waals surface area contributed by atoms with Gasteiger partial charge in [-0.25, -0.2) is 0 Å². The van der Waals surface area contributed by atoms with Crippen LogP contribution < -0.4 is 10.6 Å². The summed E-state index contributed by atoms with van der Waals surface area (Å²) in [5.41, 5.74) is 0. The molecule has 3 nitrogen and oxygen atoms in total. The van der Waals surface area contributed by atoms with Crippen molar-refractivity contribution in [3.05, 3.63) is 0 Å². The van der Waals surface area contributed by atoms with Gasteiger partial charge in [-0.05, 0) is 44.1 Å². The minimum Gasteiger partial charge on any atom is -0.396 e. The summed E-state index contributed by atoms with van der Waals surface area (Å²) in [5.74, 6) is 1.21. The SMILES string of the molecule is CC(CO)CNC1CCCC1C1CCCCN1. The fourth-order valence-corrected chi connectivity index (χ4v) is 3.39. The van der Waals surface area contributed by atoms with E-state index in [0.29, 0.717) is 18.6 Å². The molecule has 17 heavy (non-hydrogen) atoms. The van der Waals surface area contributed by atoms with Gasteiger partial charge in [-0.1, -0.05) is 19.8 Å². The Balaban J connectivity index is 1.79. The third-order valence-corrected chi connectivity index (χ3v) is 4.47. The van der Waals surface area contributed by atoms with Gasteiger partial charge in [-0.2, -0.15) is 0 Å². The molecule has 2 aliphatic rings. The van der Waals surface area contributed by atoms with Crippen molar-refractivity contribution in [1.29, 1.82) is 0 Å². The highest BCUT2D eigenvalue weighted by Crippen LogP contribution is 2.31. The van der Waals surface area contributed by atoms with E-state index >= 15 is 0 Å². The highest BCUT2D eigenvalue weighted by Gasteiger charge is 2.33. The zero-order valence-corrected chi connectivity index (χ0v) is 11.1. The van der Waals surface area contributed by atoms with Crippen molar-refractivity contribution >= 4 is 0 Å². The second-order valence-corrected chi connectivity index (χ2v) is 5.95. The van der Waals surface area contributed by atoms with Gasteiger partial charge in [0.15, 0.2) is 0 Å². The van der Waals surface area contributed by atoms with E-state index in [-0.39, 0.29) is 0 Å². The molecule has 0 amide bonds. The first-order valence-corrected chi connectivity index (χ1v) is 7.39. The number of nitrogens with one attached hydrogen (secondary N) is 2. The minimum absolute atomic E-state index is 0.298. The van der Waals surface area contributed by atoms with Gasteiger partial charge < -0.3 is 15.7 Å². The molecule has 0 aromatic heterocycles. The van der Waals surface area contributed by atoms with Crippen LogP contribution in [0.3, 0.4) is 0 Å². The molecular weight excluding hydrogens is 212 g/mol. The normalized spacial score (nSPS) is 36.0. The van der Waals surface area contributed by atoms with Crippen LogP contribution in [0.4, 0.5) is 0 Å². The highest BCUT2D eigenvalue weighted by atomic mass is 16.3. The van der Waals surface area contributed by atoms with Crippen LogP contribution in [-0.4, -0.2) is 36.9 Å². The van der Waals surface area contributed by atoms with E-state index in [2.05, 4.69) is 17.6 Å². The molecule has 1 saturated heterocycles. The summed E-state index contributed by atoms with van der Waals surface area (Å²) < 4.78 is 0. The fourth-order valence-electron chi connectivity index (χ4n) is 3.39. The quantitative estimate of drug-likeness (QED) is 0.682. The minimum atomic E-state index is 0.298. The van der Waals surface area contributed by atoms with Crippen LogP contribution in [-0.2, 0) is 0 Å². The number of aliphatic hydroxyl groups is 1. The van der Waals surface area contributed by atoms with Crippen LogP contribution in [0, 0.1) is 11.8 Å². The lowest BCUT2D eigenvalue weighted by molar-refractivity contribution is 0.214. The number of piperidine rings is 1. The maximum Gasteiger partial charge on any atom is 0.0468 e. The van der Waals surface area contributed by atoms with E-state index in [4.69, 9.17) is 5.11 Å². The predicted octanol–water partition coefficient (Wildman–Crippen LogP) is 1.52. The molecule has 0 radical (unpaired) electrons. The summed E-state index contributed by atoms with van der Waals surface area (Å²) in [6.45, 7) is 4.58. The molecule has 3 heteroatoms. The molecule has 4 atom stereocenters. The monoisotopic (exact) mass is 240 g/mol. The number of aliphatic hydroxyl groups excluding tert-OH is 1. The van der Waals surface area contributed by atoms with E-state index in [0.717, 1.165) is 18.5 Å². The van der Waals surface area contributed by atoms with Crippen molar-refractivity contribution in [2.75, 3.05) is 19.7 Å². The van der Waals surface area contributed by atoms with Gasteiger partial charge in [-0.3, -0.25) is 0 Å². The average molecular weight is 240 g/mol. The Morgan fingerprint density at radius 2 is 2.12 bits per heavy atom. The maximum absolute atomic E-state index is 9.07. The Morgan fingerprint density at radius 3 is 2.82 bits per heavy atom. The van der Waals surface area contributed by atoms with Gasteiger partial charge in [0.1, 0.15) is 0 Å². The molecule has 100 valence electrons. The zero-order chi connectivity index (χ0) is 12.1. The van der Waals surface area contributed by atoms with Crippen molar-refractivity contribution in [1.82, 2.24) is 10.6 Å². The van der Waals surface area contributed by atoms with Gasteiger partial charge in [0.2, 0.25) is 0 Å². The Kier molecular flexibility index (Phi) is 5.26. The largest absolute Gasteiger partial charge is 0.396 e. The van der Waals surface area contributed by atoms with E-state index in [1.54, 1.807) is 0 Å². The molecule has 3 N–H and O–H groups in total. The molecule has 0 aromatic carbocycles. The molecule has 2 rings (SSSR count). The lowest BCUT2D eigenvalue weighted by atomic mass is 9.88. The molecule has 1 heterocycles. The van der Waals surface area contributed by atoms with Crippen LogP contribution >= 0.6 is 0 Å². The van der Waals surface area contributed by atoms with Crippen LogP contribution in [0.1, 0.15) is 45.4 Å². The summed E-state index contributed by atoms with van der Waals surface area (Å²) in [6.07, 6.45) is 8.17.